The van der Waals surface area contributed by atoms with Gasteiger partial charge in [-0.2, -0.15) is 25.8 Å². The highest BCUT2D eigenvalue weighted by atomic mass is 32.1. The summed E-state index contributed by atoms with van der Waals surface area (Å²) in [5, 5.41) is 0. The van der Waals surface area contributed by atoms with E-state index in [0.717, 1.165) is 12.1 Å². The second kappa shape index (κ2) is 4.21. The van der Waals surface area contributed by atoms with Gasteiger partial charge in [-0.15, -0.1) is 0 Å². The molecule has 0 bridgehead atoms. The first kappa shape index (κ1) is 11.4. The summed E-state index contributed by atoms with van der Waals surface area (Å²) in [4.78, 5) is 0. The van der Waals surface area contributed by atoms with Crippen LogP contribution in [0, 0.1) is 5.82 Å². The zero-order valence-electron chi connectivity index (χ0n) is 7.11. The summed E-state index contributed by atoms with van der Waals surface area (Å²) in [5.41, 5.74) is -0.703. The molecule has 0 spiro atoms. The van der Waals surface area contributed by atoms with Crippen LogP contribution in [0.4, 0.5) is 17.6 Å². The van der Waals surface area contributed by atoms with E-state index in [9.17, 15) is 17.6 Å². The molecule has 0 aromatic heterocycles. The molecular weight excluding hydrogens is 216 g/mol. The fraction of sp³-hybridized carbons (Fsp3) is 0.333. The lowest BCUT2D eigenvalue weighted by atomic mass is 10.1. The maximum atomic E-state index is 13.0. The first-order valence-corrected chi connectivity index (χ1v) is 4.55. The third kappa shape index (κ3) is 2.64. The van der Waals surface area contributed by atoms with Crippen molar-refractivity contribution in [2.75, 3.05) is 5.75 Å². The maximum absolute atomic E-state index is 13.0. The molecule has 0 saturated carbocycles. The lowest BCUT2D eigenvalue weighted by molar-refractivity contribution is -0.137. The van der Waals surface area contributed by atoms with Crippen LogP contribution in [0.25, 0.3) is 0 Å². The fourth-order valence-electron chi connectivity index (χ4n) is 1.05. The predicted octanol–water partition coefficient (Wildman–Crippen LogP) is 3.32. The van der Waals surface area contributed by atoms with Gasteiger partial charge in [0.05, 0.1) is 5.56 Å². The van der Waals surface area contributed by atoms with Crippen LogP contribution in [0.15, 0.2) is 18.2 Å². The largest absolute Gasteiger partial charge is 0.416 e. The van der Waals surface area contributed by atoms with Crippen LogP contribution < -0.4 is 0 Å². The minimum Gasteiger partial charge on any atom is -0.207 e. The molecule has 0 saturated heterocycles. The lowest BCUT2D eigenvalue weighted by Crippen LogP contribution is -2.06. The fourth-order valence-corrected chi connectivity index (χ4v) is 1.29. The van der Waals surface area contributed by atoms with Gasteiger partial charge in [-0.3, -0.25) is 0 Å². The second-order valence-corrected chi connectivity index (χ2v) is 3.22. The van der Waals surface area contributed by atoms with Crippen LogP contribution >= 0.6 is 12.6 Å². The van der Waals surface area contributed by atoms with Gasteiger partial charge < -0.3 is 0 Å². The van der Waals surface area contributed by atoms with E-state index in [2.05, 4.69) is 12.6 Å². The van der Waals surface area contributed by atoms with Crippen LogP contribution in [0.1, 0.15) is 11.1 Å². The van der Waals surface area contributed by atoms with E-state index in [1.807, 2.05) is 0 Å². The number of hydrogen-bond donors (Lipinski definition) is 1. The van der Waals surface area contributed by atoms with E-state index in [1.54, 1.807) is 0 Å². The van der Waals surface area contributed by atoms with Crippen molar-refractivity contribution in [2.24, 2.45) is 0 Å². The topological polar surface area (TPSA) is 0 Å². The zero-order chi connectivity index (χ0) is 10.8. The van der Waals surface area contributed by atoms with Crippen LogP contribution in [0.3, 0.4) is 0 Å². The molecule has 0 nitrogen and oxygen atoms in total. The van der Waals surface area contributed by atoms with E-state index in [1.165, 1.54) is 0 Å². The van der Waals surface area contributed by atoms with Crippen molar-refractivity contribution < 1.29 is 17.6 Å². The average molecular weight is 224 g/mol. The van der Waals surface area contributed by atoms with Crippen LogP contribution in [0.5, 0.6) is 0 Å². The highest BCUT2D eigenvalue weighted by molar-refractivity contribution is 7.80. The molecule has 0 fully saturated rings. The Morgan fingerprint density at radius 2 is 1.86 bits per heavy atom. The van der Waals surface area contributed by atoms with Gasteiger partial charge in [-0.05, 0) is 29.9 Å². The maximum Gasteiger partial charge on any atom is 0.416 e. The monoisotopic (exact) mass is 224 g/mol. The Balaban J connectivity index is 3.01. The first-order chi connectivity index (χ1) is 6.45. The summed E-state index contributed by atoms with van der Waals surface area (Å²) in [6.07, 6.45) is -4.16. The standard InChI is InChI=1S/C9H8F4S/c10-8-5-7(9(11,12)13)2-1-6(8)3-4-14/h1-2,5,14H,3-4H2. The number of benzene rings is 1. The van der Waals surface area contributed by atoms with Crippen molar-refractivity contribution in [2.45, 2.75) is 12.6 Å². The van der Waals surface area contributed by atoms with Gasteiger partial charge >= 0.3 is 6.18 Å². The van der Waals surface area contributed by atoms with Crippen LogP contribution in [-0.4, -0.2) is 5.75 Å². The number of halogens is 4. The molecular formula is C9H8F4S. The molecule has 0 aliphatic carbocycles. The number of alkyl halides is 3. The molecule has 0 unspecified atom stereocenters. The molecule has 0 N–H and O–H groups in total. The quantitative estimate of drug-likeness (QED) is 0.578. The van der Waals surface area contributed by atoms with E-state index < -0.39 is 17.6 Å². The van der Waals surface area contributed by atoms with Crippen molar-refractivity contribution in [3.05, 3.63) is 35.1 Å². The van der Waals surface area contributed by atoms with Crippen molar-refractivity contribution in [3.8, 4) is 0 Å². The Labute approximate surface area is 84.3 Å². The predicted molar refractivity (Wildman–Crippen MR) is 49.0 cm³/mol. The Kier molecular flexibility index (Phi) is 3.42. The molecule has 0 heterocycles. The van der Waals surface area contributed by atoms with Crippen molar-refractivity contribution in [3.63, 3.8) is 0 Å². The summed E-state index contributed by atoms with van der Waals surface area (Å²) in [5.74, 6) is -0.420. The number of aryl methyl sites for hydroxylation is 1. The number of rotatable bonds is 2. The van der Waals surface area contributed by atoms with Gasteiger partial charge in [-0.25, -0.2) is 4.39 Å². The van der Waals surface area contributed by atoms with E-state index in [0.29, 0.717) is 18.2 Å². The van der Waals surface area contributed by atoms with Gasteiger partial charge in [0.2, 0.25) is 0 Å². The lowest BCUT2D eigenvalue weighted by Gasteiger charge is -2.08. The summed E-state index contributed by atoms with van der Waals surface area (Å²) in [6.45, 7) is 0. The third-order valence-electron chi connectivity index (χ3n) is 1.76. The SMILES string of the molecule is Fc1cc(C(F)(F)F)ccc1CCS. The van der Waals surface area contributed by atoms with Gasteiger partial charge in [0.1, 0.15) is 5.82 Å². The Morgan fingerprint density at radius 3 is 2.29 bits per heavy atom. The van der Waals surface area contributed by atoms with Crippen LogP contribution in [0.2, 0.25) is 0 Å². The molecule has 1 aromatic carbocycles. The Hall–Kier alpha value is -0.710. The summed E-state index contributed by atoms with van der Waals surface area (Å²) in [7, 11) is 0. The Bertz CT molecular complexity index is 319. The molecule has 0 aliphatic rings. The van der Waals surface area contributed by atoms with Crippen LogP contribution in [-0.2, 0) is 12.6 Å². The van der Waals surface area contributed by atoms with Gasteiger partial charge in [0.25, 0.3) is 0 Å². The minimum atomic E-state index is -4.49. The molecule has 0 aliphatic heterocycles. The van der Waals surface area contributed by atoms with Crippen molar-refractivity contribution >= 4 is 12.6 Å². The van der Waals surface area contributed by atoms with E-state index in [4.69, 9.17) is 0 Å². The van der Waals surface area contributed by atoms with Gasteiger partial charge in [0, 0.05) is 0 Å². The summed E-state index contributed by atoms with van der Waals surface area (Å²) < 4.78 is 49.3. The molecule has 78 valence electrons. The van der Waals surface area contributed by atoms with Gasteiger partial charge in [0.15, 0.2) is 0 Å². The zero-order valence-corrected chi connectivity index (χ0v) is 8.00. The summed E-state index contributed by atoms with van der Waals surface area (Å²) >= 11 is 3.87. The van der Waals surface area contributed by atoms with Crippen molar-refractivity contribution in [1.29, 1.82) is 0 Å². The second-order valence-electron chi connectivity index (χ2n) is 2.78. The minimum absolute atomic E-state index is 0.257. The molecule has 14 heavy (non-hydrogen) atoms. The van der Waals surface area contributed by atoms with Gasteiger partial charge in [-0.1, -0.05) is 6.07 Å². The van der Waals surface area contributed by atoms with Crippen molar-refractivity contribution in [1.82, 2.24) is 0 Å². The summed E-state index contributed by atoms with van der Waals surface area (Å²) in [6, 6.07) is 2.54. The highest BCUT2D eigenvalue weighted by Crippen LogP contribution is 2.30. The highest BCUT2D eigenvalue weighted by Gasteiger charge is 2.30. The number of thiol groups is 1. The molecule has 5 heteroatoms. The molecule has 0 atom stereocenters. The first-order valence-electron chi connectivity index (χ1n) is 3.91. The van der Waals surface area contributed by atoms with E-state index in [-0.39, 0.29) is 5.56 Å². The molecule has 1 aromatic rings. The molecule has 0 amide bonds. The molecule has 1 rings (SSSR count). The third-order valence-corrected chi connectivity index (χ3v) is 1.99. The normalized spacial score (nSPS) is 11.8. The smallest absolute Gasteiger partial charge is 0.207 e. The number of hydrogen-bond acceptors (Lipinski definition) is 1. The average Bonchev–Trinajstić information content (AvgIpc) is 2.07. The Morgan fingerprint density at radius 1 is 1.21 bits per heavy atom. The molecule has 0 radical (unpaired) electrons. The van der Waals surface area contributed by atoms with E-state index >= 15 is 0 Å².